The lowest BCUT2D eigenvalue weighted by atomic mass is 10.0. The van der Waals surface area contributed by atoms with Crippen molar-refractivity contribution in [1.82, 2.24) is 0 Å². The number of hydrogen-bond donors (Lipinski definition) is 0. The third-order valence-electron chi connectivity index (χ3n) is 3.53. The normalized spacial score (nSPS) is 10.8. The highest BCUT2D eigenvalue weighted by Crippen LogP contribution is 2.43. The van der Waals surface area contributed by atoms with Gasteiger partial charge in [0, 0.05) is 0 Å². The highest BCUT2D eigenvalue weighted by atomic mass is 16.5. The highest BCUT2D eigenvalue weighted by Gasteiger charge is 2.15. The third kappa shape index (κ3) is 1.74. The number of hydrogen-bond acceptors (Lipinski definition) is 3. The maximum Gasteiger partial charge on any atom is 0.141 e. The Labute approximate surface area is 117 Å². The minimum absolute atomic E-state index is 0.785. The van der Waals surface area contributed by atoms with Gasteiger partial charge in [-0.05, 0) is 29.0 Å². The van der Waals surface area contributed by atoms with Gasteiger partial charge in [0.2, 0.25) is 0 Å². The first kappa shape index (κ1) is 12.6. The molecule has 0 N–H and O–H groups in total. The van der Waals surface area contributed by atoms with Crippen molar-refractivity contribution in [2.24, 2.45) is 0 Å². The second kappa shape index (κ2) is 4.93. The molecule has 0 atom stereocenters. The number of rotatable bonds is 3. The molecule has 3 heteroatoms. The Morgan fingerprint density at radius 2 is 1.15 bits per heavy atom. The van der Waals surface area contributed by atoms with Gasteiger partial charge in [-0.1, -0.05) is 24.3 Å². The van der Waals surface area contributed by atoms with Crippen LogP contribution in [-0.4, -0.2) is 21.3 Å². The van der Waals surface area contributed by atoms with Gasteiger partial charge in [0.15, 0.2) is 0 Å². The fraction of sp³-hybridized carbons (Fsp3) is 0.176. The topological polar surface area (TPSA) is 27.7 Å². The smallest absolute Gasteiger partial charge is 0.141 e. The van der Waals surface area contributed by atoms with Crippen LogP contribution in [0.2, 0.25) is 0 Å². The van der Waals surface area contributed by atoms with E-state index >= 15 is 0 Å². The lowest BCUT2D eigenvalue weighted by Gasteiger charge is -2.15. The quantitative estimate of drug-likeness (QED) is 0.671. The second-order valence-electron chi connectivity index (χ2n) is 4.53. The van der Waals surface area contributed by atoms with Crippen LogP contribution in [0.3, 0.4) is 0 Å². The van der Waals surface area contributed by atoms with Crippen LogP contribution in [0.4, 0.5) is 0 Å². The molecule has 0 saturated heterocycles. The van der Waals surface area contributed by atoms with Gasteiger partial charge >= 0.3 is 0 Å². The van der Waals surface area contributed by atoms with Gasteiger partial charge in [-0.3, -0.25) is 0 Å². The van der Waals surface area contributed by atoms with E-state index < -0.39 is 0 Å². The van der Waals surface area contributed by atoms with E-state index in [9.17, 15) is 0 Å². The van der Waals surface area contributed by atoms with Gasteiger partial charge in [-0.15, -0.1) is 0 Å². The van der Waals surface area contributed by atoms with Crippen molar-refractivity contribution in [2.75, 3.05) is 21.3 Å². The average molecular weight is 268 g/mol. The maximum atomic E-state index is 5.67. The van der Waals surface area contributed by atoms with E-state index in [0.717, 1.165) is 38.8 Å². The molecule has 0 amide bonds. The molecule has 0 radical (unpaired) electrons. The average Bonchev–Trinajstić information content (AvgIpc) is 2.51. The number of fused-ring (bicyclic) bond motifs is 2. The van der Waals surface area contributed by atoms with Crippen molar-refractivity contribution in [3.8, 4) is 17.2 Å². The summed E-state index contributed by atoms with van der Waals surface area (Å²) in [5, 5.41) is 4.10. The minimum Gasteiger partial charge on any atom is -0.496 e. The lowest BCUT2D eigenvalue weighted by Crippen LogP contribution is -1.93. The predicted molar refractivity (Wildman–Crippen MR) is 81.1 cm³/mol. The Morgan fingerprint density at radius 3 is 1.55 bits per heavy atom. The molecule has 0 aliphatic heterocycles. The molecule has 3 aromatic carbocycles. The summed E-state index contributed by atoms with van der Waals surface area (Å²) >= 11 is 0. The molecule has 0 aliphatic rings. The summed E-state index contributed by atoms with van der Waals surface area (Å²) in [4.78, 5) is 0. The molecule has 0 unspecified atom stereocenters. The Bertz CT molecular complexity index is 716. The maximum absolute atomic E-state index is 5.67. The number of methoxy groups -OCH3 is 3. The van der Waals surface area contributed by atoms with E-state index in [1.165, 1.54) is 0 Å². The summed E-state index contributed by atoms with van der Waals surface area (Å²) in [5.74, 6) is 2.38. The van der Waals surface area contributed by atoms with Gasteiger partial charge in [0.05, 0.1) is 32.1 Å². The van der Waals surface area contributed by atoms with Crippen molar-refractivity contribution in [2.45, 2.75) is 0 Å². The van der Waals surface area contributed by atoms with Crippen molar-refractivity contribution in [1.29, 1.82) is 0 Å². The molecule has 3 nitrogen and oxygen atoms in total. The Balaban J connectivity index is 2.56. The Morgan fingerprint density at radius 1 is 0.650 bits per heavy atom. The van der Waals surface area contributed by atoms with E-state index in [1.807, 2.05) is 24.3 Å². The zero-order valence-corrected chi connectivity index (χ0v) is 11.8. The van der Waals surface area contributed by atoms with Crippen LogP contribution >= 0.6 is 0 Å². The molecule has 3 rings (SSSR count). The van der Waals surface area contributed by atoms with E-state index in [2.05, 4.69) is 18.2 Å². The molecule has 0 aromatic heterocycles. The molecular weight excluding hydrogens is 252 g/mol. The molecule has 0 fully saturated rings. The van der Waals surface area contributed by atoms with E-state index in [4.69, 9.17) is 14.2 Å². The summed E-state index contributed by atoms with van der Waals surface area (Å²) in [7, 11) is 5.01. The van der Waals surface area contributed by atoms with Crippen molar-refractivity contribution >= 4 is 21.5 Å². The fourth-order valence-electron chi connectivity index (χ4n) is 2.66. The summed E-state index contributed by atoms with van der Waals surface area (Å²) < 4.78 is 16.6. The van der Waals surface area contributed by atoms with Crippen LogP contribution in [0.25, 0.3) is 21.5 Å². The van der Waals surface area contributed by atoms with E-state index in [-0.39, 0.29) is 0 Å². The second-order valence-corrected chi connectivity index (χ2v) is 4.53. The molecule has 0 spiro atoms. The van der Waals surface area contributed by atoms with Gasteiger partial charge in [0.25, 0.3) is 0 Å². The highest BCUT2D eigenvalue weighted by molar-refractivity contribution is 6.10. The molecule has 20 heavy (non-hydrogen) atoms. The van der Waals surface area contributed by atoms with Crippen LogP contribution in [0.15, 0.2) is 42.5 Å². The zero-order valence-electron chi connectivity index (χ0n) is 11.8. The van der Waals surface area contributed by atoms with Gasteiger partial charge in [-0.25, -0.2) is 0 Å². The zero-order chi connectivity index (χ0) is 14.1. The van der Waals surface area contributed by atoms with Gasteiger partial charge in [-0.2, -0.15) is 0 Å². The summed E-state index contributed by atoms with van der Waals surface area (Å²) in [6.45, 7) is 0. The molecule has 3 aromatic rings. The van der Waals surface area contributed by atoms with Crippen LogP contribution in [0.5, 0.6) is 17.2 Å². The van der Waals surface area contributed by atoms with Gasteiger partial charge in [0.1, 0.15) is 17.2 Å². The first-order chi connectivity index (χ1) is 9.80. The third-order valence-corrected chi connectivity index (χ3v) is 3.53. The largest absolute Gasteiger partial charge is 0.496 e. The molecule has 0 heterocycles. The minimum atomic E-state index is 0.785. The Hall–Kier alpha value is -2.42. The number of ether oxygens (including phenoxy) is 3. The van der Waals surface area contributed by atoms with Gasteiger partial charge < -0.3 is 14.2 Å². The summed E-state index contributed by atoms with van der Waals surface area (Å²) in [5.41, 5.74) is 0. The lowest BCUT2D eigenvalue weighted by molar-refractivity contribution is 0.401. The van der Waals surface area contributed by atoms with Crippen molar-refractivity contribution < 1.29 is 14.2 Å². The van der Waals surface area contributed by atoms with E-state index in [1.54, 1.807) is 21.3 Å². The standard InChI is InChI=1S/C17H16O3/c1-18-13-8-4-6-11-10-12-7-5-9-14(19-2)16(12)17(20-3)15(11)13/h4-10H,1-3H3. The molecule has 102 valence electrons. The molecule has 0 saturated carbocycles. The first-order valence-electron chi connectivity index (χ1n) is 6.40. The number of benzene rings is 3. The van der Waals surface area contributed by atoms with Crippen LogP contribution < -0.4 is 14.2 Å². The molecule has 0 aliphatic carbocycles. The first-order valence-corrected chi connectivity index (χ1v) is 6.40. The van der Waals surface area contributed by atoms with Crippen molar-refractivity contribution in [3.05, 3.63) is 42.5 Å². The molecular formula is C17H16O3. The fourth-order valence-corrected chi connectivity index (χ4v) is 2.66. The summed E-state index contributed by atoms with van der Waals surface area (Å²) in [6, 6.07) is 14.1. The van der Waals surface area contributed by atoms with Crippen LogP contribution in [-0.2, 0) is 0 Å². The Kier molecular flexibility index (Phi) is 3.11. The van der Waals surface area contributed by atoms with Crippen LogP contribution in [0, 0.1) is 0 Å². The van der Waals surface area contributed by atoms with E-state index in [0.29, 0.717) is 0 Å². The molecule has 0 bridgehead atoms. The van der Waals surface area contributed by atoms with Crippen molar-refractivity contribution in [3.63, 3.8) is 0 Å². The monoisotopic (exact) mass is 268 g/mol. The van der Waals surface area contributed by atoms with Crippen LogP contribution in [0.1, 0.15) is 0 Å². The summed E-state index contributed by atoms with van der Waals surface area (Å²) in [6.07, 6.45) is 0. The SMILES string of the molecule is COc1cccc2cc3cccc(OC)c3c(OC)c12. The predicted octanol–water partition coefficient (Wildman–Crippen LogP) is 4.02.